The summed E-state index contributed by atoms with van der Waals surface area (Å²) in [5.74, 6) is 5.63. The normalized spacial score (nSPS) is 12.8. The first kappa shape index (κ1) is 20.8. The van der Waals surface area contributed by atoms with Crippen LogP contribution in [0.15, 0.2) is 47.4 Å². The Hall–Kier alpha value is -3.48. The maximum atomic E-state index is 13.6. The molecule has 0 saturated carbocycles. The number of nitrogens with zero attached hydrogens (tertiary/aromatic N) is 4. The predicted octanol–water partition coefficient (Wildman–Crippen LogP) is 3.77. The van der Waals surface area contributed by atoms with Crippen molar-refractivity contribution in [2.75, 3.05) is 10.1 Å². The molecule has 1 aliphatic rings. The maximum Gasteiger partial charge on any atom is 0.416 e. The van der Waals surface area contributed by atoms with E-state index in [2.05, 4.69) is 9.97 Å². The molecule has 0 bridgehead atoms. The fraction of sp³-hybridized carbons (Fsp3) is 0.158. The Morgan fingerprint density at radius 1 is 1.13 bits per heavy atom. The summed E-state index contributed by atoms with van der Waals surface area (Å²) in [7, 11) is 0. The van der Waals surface area contributed by atoms with Crippen LogP contribution < -0.4 is 21.5 Å². The summed E-state index contributed by atoms with van der Waals surface area (Å²) in [6.45, 7) is 3.19. The van der Waals surface area contributed by atoms with E-state index in [1.54, 1.807) is 13.8 Å². The average molecular weight is 436 g/mol. The van der Waals surface area contributed by atoms with Gasteiger partial charge in [-0.1, -0.05) is 0 Å². The molecular formula is C19H16F4N6O2. The number of alkyl halides is 3. The first-order valence-electron chi connectivity index (χ1n) is 8.92. The molecule has 0 saturated heterocycles. The molecule has 1 aromatic heterocycles. The largest absolute Gasteiger partial charge is 0.416 e. The van der Waals surface area contributed by atoms with E-state index in [0.717, 1.165) is 28.7 Å². The SMILES string of the molecule is Cc1cc(F)ccc1N(ON(N)N1c2ccc(C(F)(F)F)cc21)c1ncc(=O)[nH]c1C. The number of aromatic amines is 1. The van der Waals surface area contributed by atoms with E-state index in [9.17, 15) is 22.4 Å². The van der Waals surface area contributed by atoms with Gasteiger partial charge in [-0.3, -0.25) is 4.79 Å². The minimum atomic E-state index is -4.50. The smallest absolute Gasteiger partial charge is 0.322 e. The molecule has 162 valence electrons. The second-order valence-electron chi connectivity index (χ2n) is 6.82. The van der Waals surface area contributed by atoms with Crippen molar-refractivity contribution in [3.63, 3.8) is 0 Å². The fourth-order valence-electron chi connectivity index (χ4n) is 3.08. The van der Waals surface area contributed by atoms with Crippen LogP contribution >= 0.6 is 0 Å². The number of halogens is 4. The highest BCUT2D eigenvalue weighted by molar-refractivity contribution is 5.92. The Labute approximate surface area is 172 Å². The van der Waals surface area contributed by atoms with Gasteiger partial charge in [0.1, 0.15) is 5.82 Å². The number of nitrogens with one attached hydrogen (secondary N) is 1. The molecule has 0 fully saturated rings. The number of benzene rings is 2. The van der Waals surface area contributed by atoms with Crippen molar-refractivity contribution in [3.05, 3.63) is 75.6 Å². The first-order chi connectivity index (χ1) is 14.6. The molecule has 1 aliphatic heterocycles. The highest BCUT2D eigenvalue weighted by Crippen LogP contribution is 2.50. The number of hydrazine groups is 2. The summed E-state index contributed by atoms with van der Waals surface area (Å²) in [6.07, 6.45) is -3.47. The Bertz CT molecular complexity index is 1210. The third-order valence-electron chi connectivity index (χ3n) is 4.59. The van der Waals surface area contributed by atoms with Gasteiger partial charge in [0.05, 0.1) is 34.5 Å². The van der Waals surface area contributed by atoms with Gasteiger partial charge in [0, 0.05) is 5.28 Å². The summed E-state index contributed by atoms with van der Waals surface area (Å²) in [4.78, 5) is 23.9. The monoisotopic (exact) mass is 436 g/mol. The molecule has 2 heterocycles. The number of fused-ring (bicyclic) bond motifs is 1. The van der Waals surface area contributed by atoms with Crippen molar-refractivity contribution in [3.8, 4) is 0 Å². The third kappa shape index (κ3) is 3.95. The number of hydrogen-bond acceptors (Lipinski definition) is 7. The Morgan fingerprint density at radius 2 is 1.87 bits per heavy atom. The maximum absolute atomic E-state index is 13.6. The van der Waals surface area contributed by atoms with Gasteiger partial charge in [-0.05, 0) is 55.8 Å². The van der Waals surface area contributed by atoms with E-state index in [1.807, 2.05) is 0 Å². The van der Waals surface area contributed by atoms with Crippen molar-refractivity contribution < 1.29 is 22.5 Å². The summed E-state index contributed by atoms with van der Waals surface area (Å²) in [5.41, 5.74) is 0.486. The number of nitrogens with two attached hydrogens (primary N) is 1. The van der Waals surface area contributed by atoms with Crippen LogP contribution in [0.2, 0.25) is 0 Å². The molecule has 0 atom stereocenters. The Morgan fingerprint density at radius 3 is 2.52 bits per heavy atom. The van der Waals surface area contributed by atoms with E-state index >= 15 is 0 Å². The Balaban J connectivity index is 1.67. The van der Waals surface area contributed by atoms with Gasteiger partial charge >= 0.3 is 6.18 Å². The molecule has 0 aliphatic carbocycles. The number of hydrogen-bond donors (Lipinski definition) is 2. The molecule has 0 radical (unpaired) electrons. The van der Waals surface area contributed by atoms with Crippen molar-refractivity contribution in [1.82, 2.24) is 15.2 Å². The number of aryl methyl sites for hydroxylation is 2. The lowest BCUT2D eigenvalue weighted by atomic mass is 10.2. The van der Waals surface area contributed by atoms with Crippen LogP contribution in [0, 0.1) is 19.7 Å². The summed E-state index contributed by atoms with van der Waals surface area (Å²) in [5, 5.41) is 3.07. The molecule has 2 aromatic carbocycles. The van der Waals surface area contributed by atoms with E-state index < -0.39 is 23.1 Å². The lowest BCUT2D eigenvalue weighted by Gasteiger charge is -2.28. The van der Waals surface area contributed by atoms with Crippen molar-refractivity contribution in [2.24, 2.45) is 5.84 Å². The molecule has 12 heteroatoms. The molecule has 0 amide bonds. The van der Waals surface area contributed by atoms with E-state index in [4.69, 9.17) is 10.8 Å². The molecule has 3 N–H and O–H groups in total. The number of anilines is 4. The second kappa shape index (κ2) is 7.34. The zero-order valence-electron chi connectivity index (χ0n) is 16.2. The molecule has 31 heavy (non-hydrogen) atoms. The predicted molar refractivity (Wildman–Crippen MR) is 104 cm³/mol. The van der Waals surface area contributed by atoms with Gasteiger partial charge < -0.3 is 4.98 Å². The van der Waals surface area contributed by atoms with Gasteiger partial charge in [-0.25, -0.2) is 20.2 Å². The van der Waals surface area contributed by atoms with Gasteiger partial charge in [0.25, 0.3) is 5.56 Å². The van der Waals surface area contributed by atoms with Crippen molar-refractivity contribution in [1.29, 1.82) is 0 Å². The number of aromatic nitrogens is 2. The second-order valence-corrected chi connectivity index (χ2v) is 6.82. The lowest BCUT2D eigenvalue weighted by Crippen LogP contribution is -2.43. The summed E-state index contributed by atoms with van der Waals surface area (Å²) >= 11 is 0. The quantitative estimate of drug-likeness (QED) is 0.272. The van der Waals surface area contributed by atoms with Crippen LogP contribution in [0.25, 0.3) is 0 Å². The van der Waals surface area contributed by atoms with Crippen molar-refractivity contribution in [2.45, 2.75) is 20.0 Å². The van der Waals surface area contributed by atoms with Crippen LogP contribution in [-0.4, -0.2) is 15.2 Å². The van der Waals surface area contributed by atoms with Crippen molar-refractivity contribution >= 4 is 22.9 Å². The van der Waals surface area contributed by atoms with E-state index in [0.29, 0.717) is 22.6 Å². The van der Waals surface area contributed by atoms with Crippen LogP contribution in [-0.2, 0) is 11.1 Å². The molecular weight excluding hydrogens is 420 g/mol. The van der Waals surface area contributed by atoms with Gasteiger partial charge in [0.15, 0.2) is 5.82 Å². The van der Waals surface area contributed by atoms with Crippen LogP contribution in [0.3, 0.4) is 0 Å². The summed E-state index contributed by atoms with van der Waals surface area (Å²) in [6, 6.07) is 7.01. The highest BCUT2D eigenvalue weighted by Gasteiger charge is 2.40. The zero-order chi connectivity index (χ0) is 22.5. The zero-order valence-corrected chi connectivity index (χ0v) is 16.2. The lowest BCUT2D eigenvalue weighted by molar-refractivity contribution is -0.159. The number of rotatable bonds is 5. The minimum absolute atomic E-state index is 0.145. The van der Waals surface area contributed by atoms with E-state index in [1.165, 1.54) is 29.3 Å². The third-order valence-corrected chi connectivity index (χ3v) is 4.59. The van der Waals surface area contributed by atoms with Crippen LogP contribution in [0.1, 0.15) is 16.8 Å². The fourth-order valence-corrected chi connectivity index (χ4v) is 3.08. The van der Waals surface area contributed by atoms with Crippen LogP contribution in [0.5, 0.6) is 0 Å². The minimum Gasteiger partial charge on any atom is -0.322 e. The van der Waals surface area contributed by atoms with Crippen LogP contribution in [0.4, 0.5) is 40.4 Å². The molecule has 0 unspecified atom stereocenters. The molecule has 4 rings (SSSR count). The topological polar surface area (TPSA) is 90.5 Å². The molecule has 0 spiro atoms. The number of H-pyrrole nitrogens is 1. The summed E-state index contributed by atoms with van der Waals surface area (Å²) < 4.78 is 52.5. The van der Waals surface area contributed by atoms with Gasteiger partial charge in [-0.15, -0.1) is 4.94 Å². The molecule has 8 nitrogen and oxygen atoms in total. The Kier molecular flexibility index (Phi) is 4.92. The average Bonchev–Trinajstić information content (AvgIpc) is 3.40. The standard InChI is InChI=1S/C19H16F4N6O2/c1-10-7-13(20)4-6-14(10)28(18-11(2)26-17(30)9-25-18)31-29(24)27-15-5-3-12(8-16(15)27)19(21,22)23/h3-9H,24H2,1-2H3,(H,26,30). The van der Waals surface area contributed by atoms with E-state index in [-0.39, 0.29) is 11.5 Å². The molecule has 3 aromatic rings. The van der Waals surface area contributed by atoms with Gasteiger partial charge in [0.2, 0.25) is 0 Å². The highest BCUT2D eigenvalue weighted by atomic mass is 19.4. The first-order valence-corrected chi connectivity index (χ1v) is 8.92. The van der Waals surface area contributed by atoms with Gasteiger partial charge in [-0.2, -0.15) is 18.2 Å².